The third kappa shape index (κ3) is 3.12. The van der Waals surface area contributed by atoms with Gasteiger partial charge < -0.3 is 19.7 Å². The molecule has 0 unspecified atom stereocenters. The Balaban J connectivity index is 1.90. The van der Waals surface area contributed by atoms with Crippen LogP contribution >= 0.6 is 0 Å². The van der Waals surface area contributed by atoms with Crippen molar-refractivity contribution < 1.29 is 34.1 Å². The van der Waals surface area contributed by atoms with Crippen LogP contribution in [0, 0.1) is 40.9 Å². The van der Waals surface area contributed by atoms with E-state index in [1.807, 2.05) is 33.8 Å². The fourth-order valence-electron chi connectivity index (χ4n) is 7.51. The Morgan fingerprint density at radius 3 is 2.32 bits per heavy atom. The maximum atomic E-state index is 13.1. The lowest BCUT2D eigenvalue weighted by atomic mass is 9.59. The number of rotatable bonds is 4. The predicted octanol–water partition coefficient (Wildman–Crippen LogP) is 2.98. The molecule has 0 heterocycles. The summed E-state index contributed by atoms with van der Waals surface area (Å²) in [7, 11) is 0. The molecule has 0 saturated heterocycles. The van der Waals surface area contributed by atoms with E-state index in [0.29, 0.717) is 11.1 Å². The first-order valence-corrected chi connectivity index (χ1v) is 12.3. The van der Waals surface area contributed by atoms with Crippen molar-refractivity contribution in [2.45, 2.75) is 85.2 Å². The van der Waals surface area contributed by atoms with Crippen LogP contribution in [0.3, 0.4) is 0 Å². The van der Waals surface area contributed by atoms with Crippen molar-refractivity contribution in [2.24, 2.45) is 40.9 Å². The second-order valence-corrected chi connectivity index (χ2v) is 11.9. The number of allylic oxidation sites excluding steroid dienone is 1. The van der Waals surface area contributed by atoms with Crippen LogP contribution in [-0.2, 0) is 23.9 Å². The smallest absolute Gasteiger partial charge is 0.306 e. The minimum Gasteiger partial charge on any atom is -0.458 e. The van der Waals surface area contributed by atoms with E-state index < -0.39 is 64.4 Å². The Kier molecular flexibility index (Phi) is 5.73. The van der Waals surface area contributed by atoms with Crippen molar-refractivity contribution in [1.82, 2.24) is 0 Å². The van der Waals surface area contributed by atoms with Gasteiger partial charge in [-0.25, -0.2) is 0 Å². The Morgan fingerprint density at radius 1 is 1.15 bits per heavy atom. The summed E-state index contributed by atoms with van der Waals surface area (Å²) in [6, 6.07) is 0. The lowest BCUT2D eigenvalue weighted by molar-refractivity contribution is -0.221. The largest absolute Gasteiger partial charge is 0.458 e. The summed E-state index contributed by atoms with van der Waals surface area (Å²) in [5, 5.41) is 23.6. The summed E-state index contributed by atoms with van der Waals surface area (Å²) in [5.74, 6) is -3.95. The van der Waals surface area contributed by atoms with E-state index in [0.717, 1.165) is 0 Å². The second kappa shape index (κ2) is 7.76. The number of esters is 2. The standard InChI is InChI=1S/C27H38O7/c1-12(2)9-19(29)33-24-15(5)26(32)17-10-13(3)21(30)20(17)22(31)14(4)11-18(26)23-25(7,8)27(23,24)34-16(6)28/h10-12,15,17-18,20,22-24,31-32H,9H2,1-8H3/t15-,17-,18+,20-,22-,23-,24-,26+,27-/m1/s1. The third-order valence-electron chi connectivity index (χ3n) is 9.10. The predicted molar refractivity (Wildman–Crippen MR) is 124 cm³/mol. The van der Waals surface area contributed by atoms with Gasteiger partial charge in [0.2, 0.25) is 0 Å². The molecule has 0 bridgehead atoms. The van der Waals surface area contributed by atoms with E-state index in [1.54, 1.807) is 26.8 Å². The highest BCUT2D eigenvalue weighted by atomic mass is 16.6. The number of Topliss-reactive ketones (excluding diaryl/α,β-unsaturated/α-hetero) is 1. The maximum absolute atomic E-state index is 13.1. The zero-order chi connectivity index (χ0) is 25.5. The number of ketones is 1. The molecule has 0 aromatic heterocycles. The summed E-state index contributed by atoms with van der Waals surface area (Å²) < 4.78 is 12.1. The van der Waals surface area contributed by atoms with Gasteiger partial charge in [-0.2, -0.15) is 0 Å². The number of aliphatic hydroxyl groups is 2. The average Bonchev–Trinajstić information content (AvgIpc) is 3.05. The fraction of sp³-hybridized carbons (Fsp3) is 0.741. The van der Waals surface area contributed by atoms with Crippen LogP contribution in [0.1, 0.15) is 61.8 Å². The summed E-state index contributed by atoms with van der Waals surface area (Å²) in [4.78, 5) is 38.2. The van der Waals surface area contributed by atoms with Gasteiger partial charge >= 0.3 is 11.9 Å². The monoisotopic (exact) mass is 474 g/mol. The first kappa shape index (κ1) is 25.1. The van der Waals surface area contributed by atoms with Gasteiger partial charge in [0.15, 0.2) is 11.4 Å². The lowest BCUT2D eigenvalue weighted by Gasteiger charge is -2.52. The van der Waals surface area contributed by atoms with E-state index in [9.17, 15) is 24.6 Å². The highest BCUT2D eigenvalue weighted by Crippen LogP contribution is 2.76. The van der Waals surface area contributed by atoms with Crippen molar-refractivity contribution in [3.05, 3.63) is 23.3 Å². The number of fused-ring (bicyclic) bond motifs is 5. The van der Waals surface area contributed by atoms with Crippen LogP contribution in [0.5, 0.6) is 0 Å². The molecule has 0 radical (unpaired) electrons. The summed E-state index contributed by atoms with van der Waals surface area (Å²) in [6.45, 7) is 14.4. The van der Waals surface area contributed by atoms with Crippen molar-refractivity contribution in [3.8, 4) is 0 Å². The van der Waals surface area contributed by atoms with Gasteiger partial charge in [0.25, 0.3) is 0 Å². The van der Waals surface area contributed by atoms with E-state index in [1.165, 1.54) is 6.92 Å². The van der Waals surface area contributed by atoms with Gasteiger partial charge in [-0.15, -0.1) is 0 Å². The SMILES string of the molecule is CC(=O)O[C@@]12[C@H](OC(=O)CC(C)C)[C@@H](C)[C@]3(O)[C@@H]4C=C(C)C(=O)[C@@H]4[C@H](O)C(C)=C[C@H]3[C@@H]1C2(C)C. The number of hydrogen-bond acceptors (Lipinski definition) is 7. The van der Waals surface area contributed by atoms with Crippen molar-refractivity contribution >= 4 is 17.7 Å². The zero-order valence-electron chi connectivity index (χ0n) is 21.4. The molecule has 4 aliphatic rings. The number of carbonyl (C=O) groups is 3. The molecule has 2 saturated carbocycles. The molecular formula is C27H38O7. The van der Waals surface area contributed by atoms with E-state index in [-0.39, 0.29) is 24.0 Å². The Bertz CT molecular complexity index is 991. The fourth-order valence-corrected chi connectivity index (χ4v) is 7.51. The summed E-state index contributed by atoms with van der Waals surface area (Å²) in [6.07, 6.45) is 1.92. The number of ether oxygens (including phenoxy) is 2. The van der Waals surface area contributed by atoms with Gasteiger partial charge in [-0.1, -0.05) is 46.8 Å². The molecule has 0 aromatic rings. The molecule has 0 aliphatic heterocycles. The lowest BCUT2D eigenvalue weighted by Crippen LogP contribution is -2.64. The highest BCUT2D eigenvalue weighted by molar-refractivity contribution is 6.00. The minimum absolute atomic E-state index is 0.0796. The molecule has 0 spiro atoms. The van der Waals surface area contributed by atoms with Crippen molar-refractivity contribution in [2.75, 3.05) is 0 Å². The zero-order valence-corrected chi connectivity index (χ0v) is 21.4. The van der Waals surface area contributed by atoms with Crippen molar-refractivity contribution in [3.63, 3.8) is 0 Å². The Labute approximate surface area is 201 Å². The molecule has 2 fully saturated rings. The molecule has 4 rings (SSSR count). The summed E-state index contributed by atoms with van der Waals surface area (Å²) >= 11 is 0. The van der Waals surface area contributed by atoms with E-state index in [4.69, 9.17) is 9.47 Å². The quantitative estimate of drug-likeness (QED) is 0.476. The second-order valence-electron chi connectivity index (χ2n) is 11.9. The van der Waals surface area contributed by atoms with E-state index >= 15 is 0 Å². The Morgan fingerprint density at radius 2 is 1.76 bits per heavy atom. The molecule has 9 atom stereocenters. The molecule has 7 nitrogen and oxygen atoms in total. The number of carbonyl (C=O) groups excluding carboxylic acids is 3. The molecular weight excluding hydrogens is 436 g/mol. The molecule has 188 valence electrons. The first-order chi connectivity index (χ1) is 15.6. The van der Waals surface area contributed by atoms with Gasteiger partial charge in [0.05, 0.1) is 17.6 Å². The van der Waals surface area contributed by atoms with Crippen LogP contribution in [0.25, 0.3) is 0 Å². The van der Waals surface area contributed by atoms with E-state index in [2.05, 4.69) is 0 Å². The number of hydrogen-bond donors (Lipinski definition) is 2. The molecule has 7 heteroatoms. The van der Waals surface area contributed by atoms with Crippen LogP contribution in [0.4, 0.5) is 0 Å². The average molecular weight is 475 g/mol. The maximum Gasteiger partial charge on any atom is 0.306 e. The minimum atomic E-state index is -1.48. The molecule has 34 heavy (non-hydrogen) atoms. The summed E-state index contributed by atoms with van der Waals surface area (Å²) in [5.41, 5.74) is -2.06. The highest BCUT2D eigenvalue weighted by Gasteiger charge is 2.87. The van der Waals surface area contributed by atoms with Gasteiger partial charge in [0, 0.05) is 42.4 Å². The topological polar surface area (TPSA) is 110 Å². The van der Waals surface area contributed by atoms with Crippen molar-refractivity contribution in [1.29, 1.82) is 0 Å². The molecule has 2 N–H and O–H groups in total. The van der Waals surface area contributed by atoms with Crippen LogP contribution in [-0.4, -0.2) is 51.3 Å². The van der Waals surface area contributed by atoms with Gasteiger partial charge in [-0.3, -0.25) is 14.4 Å². The van der Waals surface area contributed by atoms with Crippen LogP contribution in [0.2, 0.25) is 0 Å². The Hall–Kier alpha value is -1.99. The molecule has 0 aromatic carbocycles. The molecule has 0 amide bonds. The normalized spacial score (nSPS) is 44.2. The van der Waals surface area contributed by atoms with Crippen LogP contribution in [0.15, 0.2) is 23.3 Å². The van der Waals surface area contributed by atoms with Gasteiger partial charge in [0.1, 0.15) is 6.10 Å². The first-order valence-electron chi connectivity index (χ1n) is 12.3. The number of aliphatic hydroxyl groups excluding tert-OH is 1. The third-order valence-corrected chi connectivity index (χ3v) is 9.10. The molecule has 4 aliphatic carbocycles. The van der Waals surface area contributed by atoms with Crippen LogP contribution < -0.4 is 0 Å². The van der Waals surface area contributed by atoms with Gasteiger partial charge in [-0.05, 0) is 30.9 Å².